The maximum absolute atomic E-state index is 13.7. The summed E-state index contributed by atoms with van der Waals surface area (Å²) >= 11 is 0. The number of aromatic nitrogens is 2. The summed E-state index contributed by atoms with van der Waals surface area (Å²) in [5.74, 6) is 0.0859. The molecule has 2 heterocycles. The molecule has 9 heteroatoms. The van der Waals surface area contributed by atoms with Crippen LogP contribution in [0.25, 0.3) is 0 Å². The molecule has 2 fully saturated rings. The Morgan fingerprint density at radius 3 is 2.79 bits per heavy atom. The van der Waals surface area contributed by atoms with Gasteiger partial charge in [-0.15, -0.1) is 0 Å². The lowest BCUT2D eigenvalue weighted by Gasteiger charge is -2.51. The summed E-state index contributed by atoms with van der Waals surface area (Å²) in [6.07, 6.45) is 5.78. The molecule has 1 aromatic rings. The van der Waals surface area contributed by atoms with Gasteiger partial charge >= 0.3 is 0 Å². The summed E-state index contributed by atoms with van der Waals surface area (Å²) in [6.45, 7) is 5.92. The molecule has 0 spiro atoms. The molecule has 1 saturated heterocycles. The first kappa shape index (κ1) is 22.2. The van der Waals surface area contributed by atoms with Crippen molar-refractivity contribution in [3.05, 3.63) is 17.5 Å². The molecule has 29 heavy (non-hydrogen) atoms. The van der Waals surface area contributed by atoms with Gasteiger partial charge in [0.2, 0.25) is 15.9 Å². The Hall–Kier alpha value is -1.45. The normalized spacial score (nSPS) is 26.8. The van der Waals surface area contributed by atoms with Gasteiger partial charge in [0.1, 0.15) is 0 Å². The summed E-state index contributed by atoms with van der Waals surface area (Å²) in [6, 6.07) is -0.278. The minimum Gasteiger partial charge on any atom is -0.383 e. The van der Waals surface area contributed by atoms with Gasteiger partial charge < -0.3 is 9.64 Å². The van der Waals surface area contributed by atoms with E-state index < -0.39 is 15.4 Å². The fourth-order valence-electron chi connectivity index (χ4n) is 4.97. The van der Waals surface area contributed by atoms with E-state index in [1.165, 1.54) is 0 Å². The Kier molecular flexibility index (Phi) is 6.70. The van der Waals surface area contributed by atoms with Crippen LogP contribution in [0.15, 0.2) is 6.20 Å². The Morgan fingerprint density at radius 2 is 2.14 bits per heavy atom. The van der Waals surface area contributed by atoms with E-state index in [1.807, 2.05) is 31.8 Å². The molecule has 2 atom stereocenters. The van der Waals surface area contributed by atoms with Crippen LogP contribution in [0.5, 0.6) is 0 Å². The monoisotopic (exact) mass is 426 g/mol. The van der Waals surface area contributed by atoms with Gasteiger partial charge in [-0.2, -0.15) is 9.40 Å². The zero-order valence-corrected chi connectivity index (χ0v) is 18.9. The van der Waals surface area contributed by atoms with Gasteiger partial charge in [0.15, 0.2) is 0 Å². The molecular formula is C20H34N4O4S. The van der Waals surface area contributed by atoms with Crippen molar-refractivity contribution in [3.8, 4) is 0 Å². The number of sulfonamides is 1. The van der Waals surface area contributed by atoms with Crippen molar-refractivity contribution in [3.63, 3.8) is 0 Å². The van der Waals surface area contributed by atoms with E-state index in [0.717, 1.165) is 43.5 Å². The van der Waals surface area contributed by atoms with Crippen LogP contribution in [0.4, 0.5) is 0 Å². The number of hydrogen-bond donors (Lipinski definition) is 0. The third-order valence-corrected chi connectivity index (χ3v) is 8.44. The molecular weight excluding hydrogens is 392 g/mol. The maximum Gasteiger partial charge on any atom is 0.230 e. The van der Waals surface area contributed by atoms with E-state index in [4.69, 9.17) is 4.74 Å². The largest absolute Gasteiger partial charge is 0.383 e. The lowest BCUT2D eigenvalue weighted by atomic mass is 9.67. The first-order valence-corrected chi connectivity index (χ1v) is 12.1. The van der Waals surface area contributed by atoms with Gasteiger partial charge in [-0.1, -0.05) is 12.8 Å². The molecule has 8 nitrogen and oxygen atoms in total. The number of hydrogen-bond acceptors (Lipinski definition) is 5. The van der Waals surface area contributed by atoms with Crippen molar-refractivity contribution in [1.82, 2.24) is 19.0 Å². The number of carbonyl (C=O) groups excluding carboxylic acids is 1. The number of nitrogens with zero attached hydrogens (tertiary/aromatic N) is 4. The van der Waals surface area contributed by atoms with Crippen LogP contribution < -0.4 is 0 Å². The van der Waals surface area contributed by atoms with E-state index in [0.29, 0.717) is 26.1 Å². The highest BCUT2D eigenvalue weighted by atomic mass is 32.2. The third-order valence-electron chi connectivity index (χ3n) is 6.57. The number of ether oxygens (including phenoxy) is 1. The number of methoxy groups -OCH3 is 1. The molecule has 1 saturated carbocycles. The highest BCUT2D eigenvalue weighted by Crippen LogP contribution is 2.47. The van der Waals surface area contributed by atoms with E-state index >= 15 is 0 Å². The van der Waals surface area contributed by atoms with Gasteiger partial charge in [-0.05, 0) is 33.1 Å². The van der Waals surface area contributed by atoms with Crippen molar-refractivity contribution in [2.24, 2.45) is 5.41 Å². The highest BCUT2D eigenvalue weighted by molar-refractivity contribution is 7.89. The van der Waals surface area contributed by atoms with Crippen LogP contribution in [-0.2, 0) is 32.6 Å². The standard InChI is InChI=1S/C20H34N4O4S/c1-5-23-15-17(16(2)21-23)14-22(3)19(25)20-9-7-6-8-18(20)24(11-12-28-4)29(26,27)13-10-20/h15,18H,5-14H2,1-4H3/t18-,20-/m1/s1. The van der Waals surface area contributed by atoms with Crippen molar-refractivity contribution in [2.75, 3.05) is 33.1 Å². The topological polar surface area (TPSA) is 84.7 Å². The second-order valence-corrected chi connectivity index (χ2v) is 10.4. The summed E-state index contributed by atoms with van der Waals surface area (Å²) in [5.41, 5.74) is 1.32. The average Bonchev–Trinajstić information content (AvgIpc) is 3.06. The van der Waals surface area contributed by atoms with E-state index in [1.54, 1.807) is 16.3 Å². The predicted octanol–water partition coefficient (Wildman–Crippen LogP) is 1.78. The third kappa shape index (κ3) is 4.22. The zero-order chi connectivity index (χ0) is 21.2. The predicted molar refractivity (Wildman–Crippen MR) is 111 cm³/mol. The molecule has 1 aliphatic heterocycles. The second kappa shape index (κ2) is 8.73. The van der Waals surface area contributed by atoms with Crippen LogP contribution in [0.2, 0.25) is 0 Å². The first-order valence-electron chi connectivity index (χ1n) is 10.5. The Balaban J connectivity index is 1.86. The van der Waals surface area contributed by atoms with Crippen molar-refractivity contribution in [1.29, 1.82) is 0 Å². The summed E-state index contributed by atoms with van der Waals surface area (Å²) < 4.78 is 34.2. The lowest BCUT2D eigenvalue weighted by Crippen LogP contribution is -2.63. The van der Waals surface area contributed by atoms with Gasteiger partial charge in [-0.3, -0.25) is 9.48 Å². The minimum atomic E-state index is -3.36. The minimum absolute atomic E-state index is 0.0274. The van der Waals surface area contributed by atoms with Crippen LogP contribution in [0.3, 0.4) is 0 Å². The van der Waals surface area contributed by atoms with Crippen LogP contribution in [-0.4, -0.2) is 72.4 Å². The van der Waals surface area contributed by atoms with Gasteiger partial charge in [0, 0.05) is 51.6 Å². The molecule has 0 radical (unpaired) electrons. The van der Waals surface area contributed by atoms with E-state index in [2.05, 4.69) is 5.10 Å². The average molecular weight is 427 g/mol. The summed E-state index contributed by atoms with van der Waals surface area (Å²) in [4.78, 5) is 15.5. The van der Waals surface area contributed by atoms with E-state index in [-0.39, 0.29) is 17.7 Å². The molecule has 0 N–H and O–H groups in total. The number of amides is 1. The molecule has 3 rings (SSSR count). The fourth-order valence-corrected chi connectivity index (χ4v) is 6.88. The summed E-state index contributed by atoms with van der Waals surface area (Å²) in [7, 11) is 0.0394. The molecule has 1 aliphatic carbocycles. The van der Waals surface area contributed by atoms with Crippen molar-refractivity contribution < 1.29 is 17.9 Å². The van der Waals surface area contributed by atoms with Gasteiger partial charge in [-0.25, -0.2) is 8.42 Å². The molecule has 0 bridgehead atoms. The zero-order valence-electron chi connectivity index (χ0n) is 18.1. The van der Waals surface area contributed by atoms with Crippen molar-refractivity contribution >= 4 is 15.9 Å². The quantitative estimate of drug-likeness (QED) is 0.664. The molecule has 0 aromatic carbocycles. The molecule has 2 aliphatic rings. The van der Waals surface area contributed by atoms with Gasteiger partial charge in [0.25, 0.3) is 0 Å². The smallest absolute Gasteiger partial charge is 0.230 e. The van der Waals surface area contributed by atoms with Gasteiger partial charge in [0.05, 0.1) is 23.5 Å². The van der Waals surface area contributed by atoms with E-state index in [9.17, 15) is 13.2 Å². The molecule has 0 unspecified atom stereocenters. The van der Waals surface area contributed by atoms with Crippen molar-refractivity contribution in [2.45, 2.75) is 65.1 Å². The number of rotatable bonds is 7. The molecule has 164 valence electrons. The van der Waals surface area contributed by atoms with Crippen LogP contribution >= 0.6 is 0 Å². The number of fused-ring (bicyclic) bond motifs is 1. The Morgan fingerprint density at radius 1 is 1.38 bits per heavy atom. The Bertz CT molecular complexity index is 838. The lowest BCUT2D eigenvalue weighted by molar-refractivity contribution is -0.148. The van der Waals surface area contributed by atoms with Crippen LogP contribution in [0.1, 0.15) is 50.3 Å². The molecule has 1 amide bonds. The SMILES string of the molecule is CCn1cc(CN(C)C(=O)[C@@]23CCCC[C@H]2N(CCOC)S(=O)(=O)CC3)c(C)n1. The number of aryl methyl sites for hydroxylation is 2. The Labute approximate surface area is 174 Å². The fraction of sp³-hybridized carbons (Fsp3) is 0.800. The summed E-state index contributed by atoms with van der Waals surface area (Å²) in [5, 5.41) is 4.48. The number of carbonyl (C=O) groups is 1. The van der Waals surface area contributed by atoms with Crippen LogP contribution in [0, 0.1) is 12.3 Å². The highest BCUT2D eigenvalue weighted by Gasteiger charge is 2.56. The first-order chi connectivity index (χ1) is 13.7. The maximum atomic E-state index is 13.7. The molecule has 1 aromatic heterocycles. The second-order valence-electron chi connectivity index (χ2n) is 8.34.